The van der Waals surface area contributed by atoms with Crippen molar-refractivity contribution >= 4 is 27.4 Å². The van der Waals surface area contributed by atoms with Gasteiger partial charge in [0.05, 0.1) is 6.10 Å². The Hall–Kier alpha value is -1.98. The predicted octanol–water partition coefficient (Wildman–Crippen LogP) is 4.13. The van der Waals surface area contributed by atoms with Crippen LogP contribution in [0.4, 0.5) is 5.13 Å². The first-order chi connectivity index (χ1) is 10.9. The minimum Gasteiger partial charge on any atom is -0.387 e. The Kier molecular flexibility index (Phi) is 4.33. The van der Waals surface area contributed by atoms with Gasteiger partial charge in [0.2, 0.25) is 5.13 Å². The highest BCUT2D eigenvalue weighted by Crippen LogP contribution is 2.24. The van der Waals surface area contributed by atoms with Crippen LogP contribution in [0, 0.1) is 0 Å². The molecule has 0 spiro atoms. The number of anilines is 1. The lowest BCUT2D eigenvalue weighted by molar-refractivity contribution is 0.192. The van der Waals surface area contributed by atoms with E-state index in [1.54, 1.807) is 0 Å². The van der Waals surface area contributed by atoms with Crippen LogP contribution in [-0.4, -0.2) is 21.0 Å². The van der Waals surface area contributed by atoms with Crippen molar-refractivity contribution in [1.82, 2.24) is 9.36 Å². The summed E-state index contributed by atoms with van der Waals surface area (Å²) in [7, 11) is 0. The van der Waals surface area contributed by atoms with E-state index in [0.717, 1.165) is 21.9 Å². The van der Waals surface area contributed by atoms with Crippen LogP contribution in [0.5, 0.6) is 0 Å². The molecule has 0 bridgehead atoms. The largest absolute Gasteiger partial charge is 0.387 e. The topological polar surface area (TPSA) is 58.0 Å². The second-order valence-electron chi connectivity index (χ2n) is 6.68. The van der Waals surface area contributed by atoms with E-state index in [1.165, 1.54) is 16.9 Å². The molecule has 0 aliphatic heterocycles. The number of rotatable bonds is 4. The Labute approximate surface area is 140 Å². The summed E-state index contributed by atoms with van der Waals surface area (Å²) in [6, 6.07) is 14.2. The van der Waals surface area contributed by atoms with Crippen LogP contribution < -0.4 is 5.32 Å². The molecule has 4 nitrogen and oxygen atoms in total. The van der Waals surface area contributed by atoms with Crippen LogP contribution in [0.25, 0.3) is 10.8 Å². The van der Waals surface area contributed by atoms with Crippen molar-refractivity contribution in [3.63, 3.8) is 0 Å². The zero-order chi connectivity index (χ0) is 16.4. The van der Waals surface area contributed by atoms with Crippen LogP contribution in [0.15, 0.2) is 42.5 Å². The van der Waals surface area contributed by atoms with Crippen molar-refractivity contribution in [1.29, 1.82) is 0 Å². The number of aromatic nitrogens is 2. The van der Waals surface area contributed by atoms with Crippen molar-refractivity contribution in [2.24, 2.45) is 0 Å². The van der Waals surface area contributed by atoms with E-state index in [9.17, 15) is 5.11 Å². The Balaban J connectivity index is 1.68. The molecular weight excluding hydrogens is 306 g/mol. The van der Waals surface area contributed by atoms with E-state index >= 15 is 0 Å². The van der Waals surface area contributed by atoms with Crippen LogP contribution in [0.1, 0.15) is 38.3 Å². The second kappa shape index (κ2) is 6.26. The molecule has 1 aromatic heterocycles. The fourth-order valence-corrected chi connectivity index (χ4v) is 3.08. The van der Waals surface area contributed by atoms with Gasteiger partial charge in [0.15, 0.2) is 0 Å². The van der Waals surface area contributed by atoms with Crippen LogP contribution in [-0.2, 0) is 5.41 Å². The molecule has 1 heterocycles. The van der Waals surface area contributed by atoms with Gasteiger partial charge in [-0.3, -0.25) is 0 Å². The quantitative estimate of drug-likeness (QED) is 0.756. The molecule has 0 fully saturated rings. The third-order valence-corrected chi connectivity index (χ3v) is 4.37. The molecule has 23 heavy (non-hydrogen) atoms. The molecular formula is C18H21N3OS. The molecule has 3 aromatic rings. The number of nitrogens with one attached hydrogen (secondary N) is 1. The number of nitrogens with zero attached hydrogens (tertiary/aromatic N) is 2. The highest BCUT2D eigenvalue weighted by Gasteiger charge is 2.19. The molecule has 1 unspecified atom stereocenters. The number of benzene rings is 2. The lowest BCUT2D eigenvalue weighted by Gasteiger charge is -2.13. The van der Waals surface area contributed by atoms with Gasteiger partial charge < -0.3 is 10.4 Å². The fourth-order valence-electron chi connectivity index (χ4n) is 2.32. The van der Waals surface area contributed by atoms with E-state index in [4.69, 9.17) is 0 Å². The number of hydrogen-bond acceptors (Lipinski definition) is 5. The zero-order valence-corrected chi connectivity index (χ0v) is 14.4. The van der Waals surface area contributed by atoms with Gasteiger partial charge in [-0.15, -0.1) is 0 Å². The second-order valence-corrected chi connectivity index (χ2v) is 7.43. The average Bonchev–Trinajstić information content (AvgIpc) is 3.01. The molecule has 0 aliphatic carbocycles. The maximum absolute atomic E-state index is 10.4. The summed E-state index contributed by atoms with van der Waals surface area (Å²) in [6.45, 7) is 6.67. The van der Waals surface area contributed by atoms with Gasteiger partial charge in [0.25, 0.3) is 0 Å². The molecule has 0 saturated carbocycles. The number of aliphatic hydroxyl groups excluding tert-OH is 1. The van der Waals surface area contributed by atoms with Gasteiger partial charge in [-0.1, -0.05) is 57.2 Å². The molecule has 0 radical (unpaired) electrons. The van der Waals surface area contributed by atoms with Crippen molar-refractivity contribution in [2.75, 3.05) is 11.9 Å². The lowest BCUT2D eigenvalue weighted by atomic mass is 9.96. The van der Waals surface area contributed by atoms with Crippen molar-refractivity contribution in [3.05, 3.63) is 53.9 Å². The van der Waals surface area contributed by atoms with Gasteiger partial charge in [-0.05, 0) is 22.4 Å². The summed E-state index contributed by atoms with van der Waals surface area (Å²) in [6.07, 6.45) is -0.582. The Morgan fingerprint density at radius 1 is 1.13 bits per heavy atom. The highest BCUT2D eigenvalue weighted by atomic mass is 32.1. The normalized spacial score (nSPS) is 13.2. The summed E-state index contributed by atoms with van der Waals surface area (Å²) < 4.78 is 4.37. The van der Waals surface area contributed by atoms with Crippen LogP contribution in [0.2, 0.25) is 0 Å². The molecule has 120 valence electrons. The molecule has 1 atom stereocenters. The first kappa shape index (κ1) is 15.9. The lowest BCUT2D eigenvalue weighted by Crippen LogP contribution is -2.14. The summed E-state index contributed by atoms with van der Waals surface area (Å²) in [5, 5.41) is 16.6. The molecule has 0 aliphatic rings. The Bertz CT molecular complexity index is 807. The third-order valence-electron chi connectivity index (χ3n) is 3.70. The smallest absolute Gasteiger partial charge is 0.202 e. The van der Waals surface area contributed by atoms with Crippen molar-refractivity contribution in [3.8, 4) is 0 Å². The van der Waals surface area contributed by atoms with Crippen LogP contribution >= 0.6 is 11.5 Å². The fraction of sp³-hybridized carbons (Fsp3) is 0.333. The number of hydrogen-bond donors (Lipinski definition) is 2. The summed E-state index contributed by atoms with van der Waals surface area (Å²) in [5.41, 5.74) is 0.838. The summed E-state index contributed by atoms with van der Waals surface area (Å²) in [5.74, 6) is 0.824. The minimum atomic E-state index is -0.582. The van der Waals surface area contributed by atoms with Gasteiger partial charge in [-0.25, -0.2) is 4.98 Å². The molecule has 5 heteroatoms. The van der Waals surface area contributed by atoms with Crippen molar-refractivity contribution < 1.29 is 5.11 Å². The average molecular weight is 327 g/mol. The molecule has 2 aromatic carbocycles. The van der Waals surface area contributed by atoms with E-state index < -0.39 is 6.10 Å². The van der Waals surface area contributed by atoms with E-state index in [1.807, 2.05) is 30.3 Å². The van der Waals surface area contributed by atoms with Crippen molar-refractivity contribution in [2.45, 2.75) is 32.3 Å². The molecule has 0 amide bonds. The predicted molar refractivity (Wildman–Crippen MR) is 96.0 cm³/mol. The SMILES string of the molecule is CC(C)(C)c1nsc(NCC(O)c2ccc3ccccc3c2)n1. The number of aliphatic hydroxyl groups is 1. The van der Waals surface area contributed by atoms with Crippen LogP contribution in [0.3, 0.4) is 0 Å². The van der Waals surface area contributed by atoms with Gasteiger partial charge >= 0.3 is 0 Å². The molecule has 3 rings (SSSR count). The third kappa shape index (κ3) is 3.68. The minimum absolute atomic E-state index is 0.0621. The van der Waals surface area contributed by atoms with Gasteiger partial charge in [0, 0.05) is 23.5 Å². The number of fused-ring (bicyclic) bond motifs is 1. The summed E-state index contributed by atoms with van der Waals surface area (Å²) in [4.78, 5) is 4.48. The first-order valence-electron chi connectivity index (χ1n) is 7.68. The Morgan fingerprint density at radius 2 is 1.87 bits per heavy atom. The molecule has 0 saturated heterocycles. The first-order valence-corrected chi connectivity index (χ1v) is 8.45. The summed E-state index contributed by atoms with van der Waals surface area (Å²) >= 11 is 1.33. The van der Waals surface area contributed by atoms with E-state index in [2.05, 4.69) is 47.6 Å². The van der Waals surface area contributed by atoms with E-state index in [-0.39, 0.29) is 5.41 Å². The molecule has 2 N–H and O–H groups in total. The maximum atomic E-state index is 10.4. The van der Waals surface area contributed by atoms with E-state index in [0.29, 0.717) is 6.54 Å². The standard InChI is InChI=1S/C18H21N3OS/c1-18(2,3)16-20-17(23-21-16)19-11-15(22)14-9-8-12-6-4-5-7-13(12)10-14/h4-10,15,22H,11H2,1-3H3,(H,19,20,21). The van der Waals surface area contributed by atoms with Gasteiger partial charge in [0.1, 0.15) is 5.82 Å². The Morgan fingerprint density at radius 3 is 2.57 bits per heavy atom. The monoisotopic (exact) mass is 327 g/mol. The maximum Gasteiger partial charge on any atom is 0.202 e. The van der Waals surface area contributed by atoms with Gasteiger partial charge in [-0.2, -0.15) is 4.37 Å². The zero-order valence-electron chi connectivity index (χ0n) is 13.6. The highest BCUT2D eigenvalue weighted by molar-refractivity contribution is 7.09.